The predicted molar refractivity (Wildman–Crippen MR) is 134 cm³/mol. The maximum atomic E-state index is 12.6. The molecule has 4 rings (SSSR count). The first-order chi connectivity index (χ1) is 16.4. The largest absolute Gasteiger partial charge is 0.487 e. The van der Waals surface area contributed by atoms with Gasteiger partial charge in [-0.1, -0.05) is 18.2 Å². The van der Waals surface area contributed by atoms with Gasteiger partial charge in [0.05, 0.1) is 16.2 Å². The zero-order chi connectivity index (χ0) is 24.1. The zero-order valence-electron chi connectivity index (χ0n) is 19.3. The lowest BCUT2D eigenvalue weighted by Gasteiger charge is -2.09. The molecule has 9 heteroatoms. The van der Waals surface area contributed by atoms with Crippen LogP contribution in [0.4, 0.5) is 5.69 Å². The van der Waals surface area contributed by atoms with Crippen LogP contribution in [0.2, 0.25) is 0 Å². The number of oxazole rings is 1. The van der Waals surface area contributed by atoms with E-state index in [1.165, 1.54) is 6.08 Å². The minimum atomic E-state index is -0.412. The lowest BCUT2D eigenvalue weighted by molar-refractivity contribution is -0.111. The van der Waals surface area contributed by atoms with Crippen molar-refractivity contribution in [2.75, 3.05) is 26.0 Å². The van der Waals surface area contributed by atoms with Gasteiger partial charge in [-0.25, -0.2) is 9.78 Å². The van der Waals surface area contributed by atoms with Gasteiger partial charge in [0.2, 0.25) is 5.91 Å². The van der Waals surface area contributed by atoms with Crippen LogP contribution in [0.25, 0.3) is 17.2 Å². The second kappa shape index (κ2) is 10.5. The number of carbonyl (C=O) groups is 1. The van der Waals surface area contributed by atoms with Gasteiger partial charge >= 0.3 is 5.76 Å². The van der Waals surface area contributed by atoms with Crippen molar-refractivity contribution in [2.24, 2.45) is 0 Å². The summed E-state index contributed by atoms with van der Waals surface area (Å²) in [7, 11) is 3.88. The molecule has 0 saturated heterocycles. The smallest absolute Gasteiger partial charge is 0.419 e. The number of nitrogens with zero attached hydrogens (tertiary/aromatic N) is 3. The molecule has 2 heterocycles. The molecular weight excluding hydrogens is 452 g/mol. The number of amides is 1. The first-order valence-electron chi connectivity index (χ1n) is 10.8. The Hall–Kier alpha value is -3.69. The summed E-state index contributed by atoms with van der Waals surface area (Å²) >= 11 is 1.58. The fraction of sp³-hybridized carbons (Fsp3) is 0.240. The van der Waals surface area contributed by atoms with E-state index in [-0.39, 0.29) is 5.91 Å². The molecule has 0 atom stereocenters. The lowest BCUT2D eigenvalue weighted by atomic mass is 10.2. The highest BCUT2D eigenvalue weighted by atomic mass is 32.1. The van der Waals surface area contributed by atoms with E-state index in [0.717, 1.165) is 16.3 Å². The molecule has 0 aliphatic carbocycles. The summed E-state index contributed by atoms with van der Waals surface area (Å²) in [5.74, 6) is -0.0402. The third kappa shape index (κ3) is 5.81. The van der Waals surface area contributed by atoms with Crippen molar-refractivity contribution in [2.45, 2.75) is 20.1 Å². The minimum Gasteiger partial charge on any atom is -0.487 e. The van der Waals surface area contributed by atoms with Crippen LogP contribution in [0.15, 0.2) is 63.1 Å². The Morgan fingerprint density at radius 2 is 2.09 bits per heavy atom. The maximum absolute atomic E-state index is 12.6. The number of thiazole rings is 1. The molecule has 0 unspecified atom stereocenters. The van der Waals surface area contributed by atoms with Crippen molar-refractivity contribution >= 4 is 40.1 Å². The van der Waals surface area contributed by atoms with Crippen LogP contribution >= 0.6 is 11.3 Å². The summed E-state index contributed by atoms with van der Waals surface area (Å²) in [4.78, 5) is 31.2. The quantitative estimate of drug-likeness (QED) is 0.364. The molecule has 4 aromatic rings. The van der Waals surface area contributed by atoms with E-state index in [1.807, 2.05) is 55.6 Å². The molecule has 2 aromatic carbocycles. The number of aromatic nitrogens is 2. The Balaban J connectivity index is 1.45. The summed E-state index contributed by atoms with van der Waals surface area (Å²) in [6.07, 6.45) is 3.16. The number of nitrogens with one attached hydrogen (secondary N) is 1. The summed E-state index contributed by atoms with van der Waals surface area (Å²) in [6, 6.07) is 12.6. The molecule has 0 radical (unpaired) electrons. The first-order valence-corrected chi connectivity index (χ1v) is 11.7. The Morgan fingerprint density at radius 1 is 1.26 bits per heavy atom. The van der Waals surface area contributed by atoms with Crippen LogP contribution in [0, 0.1) is 6.92 Å². The fourth-order valence-corrected chi connectivity index (χ4v) is 3.97. The second-order valence-corrected chi connectivity index (χ2v) is 9.07. The summed E-state index contributed by atoms with van der Waals surface area (Å²) in [6.45, 7) is 3.50. The number of aryl methyl sites for hydroxylation is 1. The Morgan fingerprint density at radius 3 is 2.85 bits per heavy atom. The van der Waals surface area contributed by atoms with Gasteiger partial charge in [-0.15, -0.1) is 11.3 Å². The zero-order valence-corrected chi connectivity index (χ0v) is 20.1. The van der Waals surface area contributed by atoms with Gasteiger partial charge in [0.25, 0.3) is 0 Å². The normalized spacial score (nSPS) is 11.5. The van der Waals surface area contributed by atoms with Gasteiger partial charge in [-0.2, -0.15) is 0 Å². The standard InChI is InChI=1S/C25H26N4O4S/c1-17-26-20(16-34-17)15-32-22-7-5-4-6-18(22)8-11-24(30)27-19-9-10-23-21(14-19)29(25(31)33-23)13-12-28(2)3/h4-11,14,16H,12-13,15H2,1-3H3,(H,27,30)/b11-8+. The van der Waals surface area contributed by atoms with Crippen molar-refractivity contribution < 1.29 is 13.9 Å². The molecule has 176 valence electrons. The van der Waals surface area contributed by atoms with E-state index in [9.17, 15) is 9.59 Å². The number of likely N-dealkylation sites (N-methyl/N-ethyl adjacent to an activating group) is 1. The number of rotatable bonds is 9. The van der Waals surface area contributed by atoms with Crippen LogP contribution in [0.1, 0.15) is 16.3 Å². The molecule has 34 heavy (non-hydrogen) atoms. The van der Waals surface area contributed by atoms with E-state index >= 15 is 0 Å². The summed E-state index contributed by atoms with van der Waals surface area (Å²) < 4.78 is 12.8. The molecule has 0 bridgehead atoms. The summed E-state index contributed by atoms with van der Waals surface area (Å²) in [5, 5.41) is 5.81. The topological polar surface area (TPSA) is 89.6 Å². The Bertz CT molecular complexity index is 1380. The third-order valence-electron chi connectivity index (χ3n) is 5.08. The van der Waals surface area contributed by atoms with Crippen LogP contribution in [-0.2, 0) is 17.9 Å². The lowest BCUT2D eigenvalue weighted by Crippen LogP contribution is -2.23. The van der Waals surface area contributed by atoms with E-state index < -0.39 is 5.76 Å². The molecule has 1 N–H and O–H groups in total. The molecule has 8 nitrogen and oxygen atoms in total. The highest BCUT2D eigenvalue weighted by Gasteiger charge is 2.11. The van der Waals surface area contributed by atoms with E-state index in [4.69, 9.17) is 9.15 Å². The number of benzene rings is 2. The number of carbonyl (C=O) groups excluding carboxylic acids is 1. The molecule has 0 fully saturated rings. The van der Waals surface area contributed by atoms with Gasteiger partial charge in [0.1, 0.15) is 12.4 Å². The number of hydrogen-bond acceptors (Lipinski definition) is 7. The number of para-hydroxylation sites is 1. The molecule has 0 aliphatic rings. The fourth-order valence-electron chi connectivity index (χ4n) is 3.38. The highest BCUT2D eigenvalue weighted by Crippen LogP contribution is 2.22. The molecule has 0 spiro atoms. The van der Waals surface area contributed by atoms with Crippen molar-refractivity contribution in [3.63, 3.8) is 0 Å². The molecular formula is C25H26N4O4S. The first kappa shape index (κ1) is 23.5. The maximum Gasteiger partial charge on any atom is 0.419 e. The molecule has 2 aromatic heterocycles. The van der Waals surface area contributed by atoms with E-state index in [2.05, 4.69) is 10.3 Å². The number of anilines is 1. The van der Waals surface area contributed by atoms with Crippen LogP contribution in [-0.4, -0.2) is 41.0 Å². The van der Waals surface area contributed by atoms with Crippen LogP contribution in [0.3, 0.4) is 0 Å². The van der Waals surface area contributed by atoms with Gasteiger partial charge in [0, 0.05) is 35.8 Å². The number of hydrogen-bond donors (Lipinski definition) is 1. The van der Waals surface area contributed by atoms with Crippen molar-refractivity contribution in [3.8, 4) is 5.75 Å². The molecule has 1 amide bonds. The second-order valence-electron chi connectivity index (χ2n) is 8.01. The van der Waals surface area contributed by atoms with Gasteiger partial charge in [0.15, 0.2) is 5.58 Å². The Labute approximate surface area is 201 Å². The molecule has 0 aliphatic heterocycles. The van der Waals surface area contributed by atoms with Crippen molar-refractivity contribution in [3.05, 3.63) is 80.7 Å². The molecule has 0 saturated carbocycles. The van der Waals surface area contributed by atoms with Crippen LogP contribution < -0.4 is 15.8 Å². The van der Waals surface area contributed by atoms with Crippen LogP contribution in [0.5, 0.6) is 5.75 Å². The monoisotopic (exact) mass is 478 g/mol. The Kier molecular flexibility index (Phi) is 7.24. The van der Waals surface area contributed by atoms with E-state index in [0.29, 0.717) is 42.2 Å². The van der Waals surface area contributed by atoms with E-state index in [1.54, 1.807) is 40.2 Å². The minimum absolute atomic E-state index is 0.296. The SMILES string of the molecule is Cc1nc(COc2ccccc2/C=C/C(=O)Nc2ccc3oc(=O)n(CCN(C)C)c3c2)cs1. The number of fused-ring (bicyclic) bond motifs is 1. The average Bonchev–Trinajstić information content (AvgIpc) is 3.36. The number of ether oxygens (including phenoxy) is 1. The van der Waals surface area contributed by atoms with Gasteiger partial charge in [-0.05, 0) is 51.4 Å². The van der Waals surface area contributed by atoms with Gasteiger partial charge in [-0.3, -0.25) is 9.36 Å². The average molecular weight is 479 g/mol. The third-order valence-corrected chi connectivity index (χ3v) is 5.90. The van der Waals surface area contributed by atoms with Gasteiger partial charge < -0.3 is 19.4 Å². The van der Waals surface area contributed by atoms with Crippen molar-refractivity contribution in [1.29, 1.82) is 0 Å². The highest BCUT2D eigenvalue weighted by molar-refractivity contribution is 7.09. The summed E-state index contributed by atoms with van der Waals surface area (Å²) in [5.41, 5.74) is 3.36. The predicted octanol–water partition coefficient (Wildman–Crippen LogP) is 4.15. The van der Waals surface area contributed by atoms with Crippen molar-refractivity contribution in [1.82, 2.24) is 14.5 Å².